The highest BCUT2D eigenvalue weighted by Crippen LogP contribution is 2.31. The number of benzene rings is 2. The van der Waals surface area contributed by atoms with Crippen LogP contribution >= 0.6 is 11.6 Å². The SMILES string of the molecule is O=C1Nc2cc(Cl)ccc2CC[C@H]1c1ccccc1. The van der Waals surface area contributed by atoms with E-state index in [0.29, 0.717) is 5.02 Å². The van der Waals surface area contributed by atoms with Crippen molar-refractivity contribution in [3.8, 4) is 0 Å². The summed E-state index contributed by atoms with van der Waals surface area (Å²) in [6, 6.07) is 15.6. The van der Waals surface area contributed by atoms with Crippen LogP contribution in [0.5, 0.6) is 0 Å². The maximum Gasteiger partial charge on any atom is 0.231 e. The van der Waals surface area contributed by atoms with Crippen molar-refractivity contribution < 1.29 is 4.79 Å². The quantitative estimate of drug-likeness (QED) is 0.834. The van der Waals surface area contributed by atoms with Crippen molar-refractivity contribution in [3.05, 3.63) is 64.7 Å². The zero-order valence-corrected chi connectivity index (χ0v) is 11.2. The Hall–Kier alpha value is -1.80. The number of amides is 1. The fourth-order valence-electron chi connectivity index (χ4n) is 2.54. The van der Waals surface area contributed by atoms with Crippen molar-refractivity contribution >= 4 is 23.2 Å². The predicted molar refractivity (Wildman–Crippen MR) is 77.6 cm³/mol. The minimum atomic E-state index is -0.0904. The van der Waals surface area contributed by atoms with Crippen LogP contribution in [0.15, 0.2) is 48.5 Å². The van der Waals surface area contributed by atoms with Crippen molar-refractivity contribution in [1.29, 1.82) is 0 Å². The van der Waals surface area contributed by atoms with Crippen LogP contribution in [0.4, 0.5) is 5.69 Å². The number of hydrogen-bond acceptors (Lipinski definition) is 1. The first-order chi connectivity index (χ1) is 9.24. The number of halogens is 1. The Kier molecular flexibility index (Phi) is 3.26. The Morgan fingerprint density at radius 1 is 1.11 bits per heavy atom. The molecule has 1 aliphatic heterocycles. The Labute approximate surface area is 117 Å². The van der Waals surface area contributed by atoms with E-state index >= 15 is 0 Å². The summed E-state index contributed by atoms with van der Waals surface area (Å²) < 4.78 is 0. The standard InChI is InChI=1S/C16H14ClNO/c17-13-8-6-12-7-9-14(11-4-2-1-3-5-11)16(19)18-15(12)10-13/h1-6,8,10,14H,7,9H2,(H,18,19)/t14-/m0/s1. The molecule has 0 fully saturated rings. The molecule has 3 rings (SSSR count). The van der Waals surface area contributed by atoms with Crippen LogP contribution in [-0.2, 0) is 11.2 Å². The van der Waals surface area contributed by atoms with Crippen LogP contribution in [-0.4, -0.2) is 5.91 Å². The van der Waals surface area contributed by atoms with E-state index in [2.05, 4.69) is 5.32 Å². The lowest BCUT2D eigenvalue weighted by Crippen LogP contribution is -2.19. The van der Waals surface area contributed by atoms with Gasteiger partial charge < -0.3 is 5.32 Å². The molecule has 1 N–H and O–H groups in total. The minimum Gasteiger partial charge on any atom is -0.325 e. The number of hydrogen-bond donors (Lipinski definition) is 1. The van der Waals surface area contributed by atoms with Gasteiger partial charge in [-0.15, -0.1) is 0 Å². The van der Waals surface area contributed by atoms with Crippen LogP contribution in [0.25, 0.3) is 0 Å². The first-order valence-electron chi connectivity index (χ1n) is 6.38. The van der Waals surface area contributed by atoms with Crippen molar-refractivity contribution in [1.82, 2.24) is 0 Å². The second-order valence-corrected chi connectivity index (χ2v) is 5.23. The Bertz CT molecular complexity index is 609. The molecule has 2 aromatic carbocycles. The molecule has 0 saturated heterocycles. The first-order valence-corrected chi connectivity index (χ1v) is 6.76. The zero-order valence-electron chi connectivity index (χ0n) is 10.4. The fraction of sp³-hybridized carbons (Fsp3) is 0.188. The number of fused-ring (bicyclic) bond motifs is 1. The van der Waals surface area contributed by atoms with E-state index in [4.69, 9.17) is 11.6 Å². The van der Waals surface area contributed by atoms with E-state index in [-0.39, 0.29) is 11.8 Å². The molecular formula is C16H14ClNO. The molecule has 2 aromatic rings. The van der Waals surface area contributed by atoms with E-state index in [1.54, 1.807) is 0 Å². The molecule has 2 nitrogen and oxygen atoms in total. The molecule has 1 atom stereocenters. The Morgan fingerprint density at radius 3 is 2.68 bits per heavy atom. The van der Waals surface area contributed by atoms with Crippen molar-refractivity contribution in [2.45, 2.75) is 18.8 Å². The number of rotatable bonds is 1. The van der Waals surface area contributed by atoms with Gasteiger partial charge in [0.1, 0.15) is 0 Å². The second kappa shape index (κ2) is 5.06. The molecule has 0 aliphatic carbocycles. The summed E-state index contributed by atoms with van der Waals surface area (Å²) in [5, 5.41) is 3.64. The molecule has 0 radical (unpaired) electrons. The maximum atomic E-state index is 12.3. The lowest BCUT2D eigenvalue weighted by molar-refractivity contribution is -0.117. The van der Waals surface area contributed by atoms with E-state index < -0.39 is 0 Å². The molecule has 96 valence electrons. The maximum absolute atomic E-state index is 12.3. The third kappa shape index (κ3) is 2.49. The lowest BCUT2D eigenvalue weighted by Gasteiger charge is -2.13. The first kappa shape index (κ1) is 12.2. The average molecular weight is 272 g/mol. The van der Waals surface area contributed by atoms with Gasteiger partial charge in [-0.05, 0) is 36.1 Å². The molecule has 0 unspecified atom stereocenters. The fourth-order valence-corrected chi connectivity index (χ4v) is 2.71. The summed E-state index contributed by atoms with van der Waals surface area (Å²) in [5.74, 6) is -0.0420. The van der Waals surface area contributed by atoms with Gasteiger partial charge in [0.15, 0.2) is 0 Å². The monoisotopic (exact) mass is 271 g/mol. The second-order valence-electron chi connectivity index (χ2n) is 4.79. The largest absolute Gasteiger partial charge is 0.325 e. The molecule has 0 spiro atoms. The number of carbonyl (C=O) groups excluding carboxylic acids is 1. The highest BCUT2D eigenvalue weighted by Gasteiger charge is 2.24. The summed E-state index contributed by atoms with van der Waals surface area (Å²) in [5.41, 5.74) is 3.06. The molecular weight excluding hydrogens is 258 g/mol. The molecule has 1 amide bonds. The normalized spacial score (nSPS) is 18.4. The van der Waals surface area contributed by atoms with E-state index in [0.717, 1.165) is 29.7 Å². The van der Waals surface area contributed by atoms with Gasteiger partial charge in [-0.3, -0.25) is 4.79 Å². The van der Waals surface area contributed by atoms with Gasteiger partial charge in [0.05, 0.1) is 5.92 Å². The number of aryl methyl sites for hydroxylation is 1. The Balaban J connectivity index is 1.93. The topological polar surface area (TPSA) is 29.1 Å². The molecule has 1 aliphatic rings. The van der Waals surface area contributed by atoms with Gasteiger partial charge in [-0.25, -0.2) is 0 Å². The third-order valence-electron chi connectivity index (χ3n) is 3.55. The van der Waals surface area contributed by atoms with Crippen LogP contribution < -0.4 is 5.32 Å². The van der Waals surface area contributed by atoms with Gasteiger partial charge in [0.25, 0.3) is 0 Å². The highest BCUT2D eigenvalue weighted by atomic mass is 35.5. The molecule has 19 heavy (non-hydrogen) atoms. The smallest absolute Gasteiger partial charge is 0.231 e. The van der Waals surface area contributed by atoms with Crippen LogP contribution in [0.2, 0.25) is 5.02 Å². The van der Waals surface area contributed by atoms with Gasteiger partial charge in [-0.1, -0.05) is 48.0 Å². The van der Waals surface area contributed by atoms with Crippen molar-refractivity contribution in [2.75, 3.05) is 5.32 Å². The molecule has 0 saturated carbocycles. The average Bonchev–Trinajstić information content (AvgIpc) is 2.57. The van der Waals surface area contributed by atoms with Crippen molar-refractivity contribution in [2.24, 2.45) is 0 Å². The molecule has 3 heteroatoms. The van der Waals surface area contributed by atoms with Crippen molar-refractivity contribution in [3.63, 3.8) is 0 Å². The predicted octanol–water partition coefficient (Wildman–Crippen LogP) is 4.01. The summed E-state index contributed by atoms with van der Waals surface area (Å²) in [6.07, 6.45) is 1.70. The number of nitrogens with one attached hydrogen (secondary N) is 1. The van der Waals surface area contributed by atoms with E-state index in [9.17, 15) is 4.79 Å². The van der Waals surface area contributed by atoms with E-state index in [1.165, 1.54) is 0 Å². The molecule has 1 heterocycles. The third-order valence-corrected chi connectivity index (χ3v) is 3.79. The number of carbonyl (C=O) groups is 1. The van der Waals surface area contributed by atoms with E-state index in [1.807, 2.05) is 48.5 Å². The minimum absolute atomic E-state index is 0.0483. The summed E-state index contributed by atoms with van der Waals surface area (Å²) in [6.45, 7) is 0. The summed E-state index contributed by atoms with van der Waals surface area (Å²) >= 11 is 5.98. The Morgan fingerprint density at radius 2 is 1.89 bits per heavy atom. The van der Waals surface area contributed by atoms with Gasteiger partial charge in [-0.2, -0.15) is 0 Å². The highest BCUT2D eigenvalue weighted by molar-refractivity contribution is 6.31. The molecule has 0 bridgehead atoms. The van der Waals surface area contributed by atoms with Crippen LogP contribution in [0, 0.1) is 0 Å². The number of anilines is 1. The van der Waals surface area contributed by atoms with Crippen LogP contribution in [0.3, 0.4) is 0 Å². The lowest BCUT2D eigenvalue weighted by atomic mass is 9.93. The van der Waals surface area contributed by atoms with Gasteiger partial charge in [0.2, 0.25) is 5.91 Å². The molecule has 0 aromatic heterocycles. The zero-order chi connectivity index (χ0) is 13.2. The summed E-state index contributed by atoms with van der Waals surface area (Å²) in [7, 11) is 0. The van der Waals surface area contributed by atoms with Gasteiger partial charge in [0, 0.05) is 10.7 Å². The summed E-state index contributed by atoms with van der Waals surface area (Å²) in [4.78, 5) is 12.3. The van der Waals surface area contributed by atoms with Gasteiger partial charge >= 0.3 is 0 Å². The van der Waals surface area contributed by atoms with Crippen LogP contribution in [0.1, 0.15) is 23.5 Å².